The maximum atomic E-state index is 13.0. The molecule has 0 bridgehead atoms. The lowest BCUT2D eigenvalue weighted by Crippen LogP contribution is -2.44. The van der Waals surface area contributed by atoms with E-state index >= 15 is 0 Å². The summed E-state index contributed by atoms with van der Waals surface area (Å²) in [6.45, 7) is 4.51. The molecule has 1 fully saturated rings. The van der Waals surface area contributed by atoms with Gasteiger partial charge in [-0.2, -0.15) is 4.80 Å². The molecule has 2 aromatic carbocycles. The van der Waals surface area contributed by atoms with Crippen LogP contribution in [0.25, 0.3) is 11.4 Å². The third kappa shape index (κ3) is 5.65. The van der Waals surface area contributed by atoms with E-state index in [0.717, 1.165) is 25.9 Å². The molecule has 2 heterocycles. The number of aromatic nitrogens is 4. The number of benzene rings is 2. The molecule has 8 heteroatoms. The SMILES string of the molecule is Cc1cccc(N2CCC(NC(=O)CCCn3nnc(-c4ccc(F)cc4)n3)CC2)c1. The number of carbonyl (C=O) groups is 1. The lowest BCUT2D eigenvalue weighted by atomic mass is 10.0. The molecule has 1 aromatic heterocycles. The van der Waals surface area contributed by atoms with Crippen LogP contribution >= 0.6 is 0 Å². The number of nitrogens with one attached hydrogen (secondary N) is 1. The highest BCUT2D eigenvalue weighted by Crippen LogP contribution is 2.21. The summed E-state index contributed by atoms with van der Waals surface area (Å²) in [7, 11) is 0. The van der Waals surface area contributed by atoms with Crippen LogP contribution < -0.4 is 10.2 Å². The summed E-state index contributed by atoms with van der Waals surface area (Å²) in [6, 6.07) is 14.7. The average Bonchev–Trinajstić information content (AvgIpc) is 3.24. The van der Waals surface area contributed by atoms with Crippen molar-refractivity contribution in [1.82, 2.24) is 25.5 Å². The molecular formula is C23H27FN6O. The fourth-order valence-corrected chi connectivity index (χ4v) is 3.84. The first-order valence-corrected chi connectivity index (χ1v) is 10.7. The van der Waals surface area contributed by atoms with Crippen LogP contribution in [0, 0.1) is 12.7 Å². The highest BCUT2D eigenvalue weighted by atomic mass is 19.1. The van der Waals surface area contributed by atoms with E-state index in [1.54, 1.807) is 12.1 Å². The fourth-order valence-electron chi connectivity index (χ4n) is 3.84. The zero-order valence-electron chi connectivity index (χ0n) is 17.7. The van der Waals surface area contributed by atoms with Crippen LogP contribution in [0.4, 0.5) is 10.1 Å². The number of amides is 1. The first-order valence-electron chi connectivity index (χ1n) is 10.7. The van der Waals surface area contributed by atoms with Crippen LogP contribution in [0.15, 0.2) is 48.5 Å². The number of hydrogen-bond donors (Lipinski definition) is 1. The molecule has 1 N–H and O–H groups in total. The molecule has 0 saturated carbocycles. The number of aryl methyl sites for hydroxylation is 2. The Morgan fingerprint density at radius 2 is 1.94 bits per heavy atom. The predicted octanol–water partition coefficient (Wildman–Crippen LogP) is 3.35. The number of nitrogens with zero attached hydrogens (tertiary/aromatic N) is 5. The molecule has 1 amide bonds. The summed E-state index contributed by atoms with van der Waals surface area (Å²) >= 11 is 0. The highest BCUT2D eigenvalue weighted by molar-refractivity contribution is 5.76. The number of tetrazole rings is 1. The molecule has 31 heavy (non-hydrogen) atoms. The van der Waals surface area contributed by atoms with E-state index in [2.05, 4.69) is 56.8 Å². The van der Waals surface area contributed by atoms with Gasteiger partial charge in [0.2, 0.25) is 11.7 Å². The van der Waals surface area contributed by atoms with Crippen molar-refractivity contribution in [3.63, 3.8) is 0 Å². The van der Waals surface area contributed by atoms with Crippen molar-refractivity contribution < 1.29 is 9.18 Å². The van der Waals surface area contributed by atoms with E-state index in [-0.39, 0.29) is 17.8 Å². The molecule has 1 saturated heterocycles. The van der Waals surface area contributed by atoms with Crippen LogP contribution in [-0.4, -0.2) is 45.2 Å². The van der Waals surface area contributed by atoms with Gasteiger partial charge in [0.05, 0.1) is 6.54 Å². The molecule has 7 nitrogen and oxygen atoms in total. The van der Waals surface area contributed by atoms with Gasteiger partial charge in [-0.05, 0) is 73.4 Å². The van der Waals surface area contributed by atoms with Crippen LogP contribution in [0.5, 0.6) is 0 Å². The van der Waals surface area contributed by atoms with E-state index in [1.807, 2.05) is 0 Å². The Morgan fingerprint density at radius 1 is 1.16 bits per heavy atom. The summed E-state index contributed by atoms with van der Waals surface area (Å²) < 4.78 is 13.0. The zero-order chi connectivity index (χ0) is 21.6. The van der Waals surface area contributed by atoms with E-state index in [9.17, 15) is 9.18 Å². The van der Waals surface area contributed by atoms with Crippen molar-refractivity contribution >= 4 is 11.6 Å². The Hall–Kier alpha value is -3.29. The summed E-state index contributed by atoms with van der Waals surface area (Å²) in [4.78, 5) is 16.2. The fraction of sp³-hybridized carbons (Fsp3) is 0.391. The number of hydrogen-bond acceptors (Lipinski definition) is 5. The van der Waals surface area contributed by atoms with Crippen molar-refractivity contribution in [3.8, 4) is 11.4 Å². The summed E-state index contributed by atoms with van der Waals surface area (Å²) in [5.41, 5.74) is 3.23. The monoisotopic (exact) mass is 422 g/mol. The lowest BCUT2D eigenvalue weighted by Gasteiger charge is -2.34. The van der Waals surface area contributed by atoms with Gasteiger partial charge in [-0.15, -0.1) is 10.2 Å². The van der Waals surface area contributed by atoms with Gasteiger partial charge in [0.1, 0.15) is 5.82 Å². The standard InChI is InChI=1S/C23H27FN6O/c1-17-4-2-5-21(16-17)29-14-11-20(12-15-29)25-22(31)6-3-13-30-27-23(26-28-30)18-7-9-19(24)10-8-18/h2,4-5,7-10,16,20H,3,6,11-15H2,1H3,(H,25,31). The van der Waals surface area contributed by atoms with Crippen LogP contribution in [0.1, 0.15) is 31.2 Å². The molecule has 4 rings (SSSR count). The molecule has 0 spiro atoms. The normalized spacial score (nSPS) is 14.6. The smallest absolute Gasteiger partial charge is 0.220 e. The highest BCUT2D eigenvalue weighted by Gasteiger charge is 2.20. The number of halogens is 1. The molecule has 0 radical (unpaired) electrons. The minimum atomic E-state index is -0.303. The van der Waals surface area contributed by atoms with Crippen LogP contribution in [0.3, 0.4) is 0 Å². The van der Waals surface area contributed by atoms with Crippen molar-refractivity contribution in [2.75, 3.05) is 18.0 Å². The second kappa shape index (κ2) is 9.68. The predicted molar refractivity (Wildman–Crippen MR) is 117 cm³/mol. The Kier molecular flexibility index (Phi) is 6.54. The quantitative estimate of drug-likeness (QED) is 0.632. The van der Waals surface area contributed by atoms with Crippen molar-refractivity contribution in [3.05, 3.63) is 59.9 Å². The number of piperidine rings is 1. The molecule has 1 aliphatic rings. The maximum Gasteiger partial charge on any atom is 0.220 e. The number of carbonyl (C=O) groups excluding carboxylic acids is 1. The van der Waals surface area contributed by atoms with Gasteiger partial charge in [-0.3, -0.25) is 4.79 Å². The van der Waals surface area contributed by atoms with Crippen LogP contribution in [0.2, 0.25) is 0 Å². The molecule has 3 aromatic rings. The molecule has 0 atom stereocenters. The van der Waals surface area contributed by atoms with Crippen molar-refractivity contribution in [1.29, 1.82) is 0 Å². The average molecular weight is 423 g/mol. The minimum Gasteiger partial charge on any atom is -0.371 e. The van der Waals surface area contributed by atoms with Gasteiger partial charge in [0.15, 0.2) is 0 Å². The van der Waals surface area contributed by atoms with Gasteiger partial charge in [0.25, 0.3) is 0 Å². The Morgan fingerprint density at radius 3 is 2.68 bits per heavy atom. The minimum absolute atomic E-state index is 0.0629. The second-order valence-electron chi connectivity index (χ2n) is 7.99. The lowest BCUT2D eigenvalue weighted by molar-refractivity contribution is -0.122. The zero-order valence-corrected chi connectivity index (χ0v) is 17.7. The molecular weight excluding hydrogens is 395 g/mol. The molecule has 162 valence electrons. The second-order valence-corrected chi connectivity index (χ2v) is 7.99. The van der Waals surface area contributed by atoms with E-state index in [0.29, 0.717) is 30.8 Å². The Labute approximate surface area is 181 Å². The molecule has 1 aliphatic heterocycles. The van der Waals surface area contributed by atoms with E-state index in [1.165, 1.54) is 28.2 Å². The molecule has 0 unspecified atom stereocenters. The largest absolute Gasteiger partial charge is 0.371 e. The van der Waals surface area contributed by atoms with Gasteiger partial charge >= 0.3 is 0 Å². The number of rotatable bonds is 7. The van der Waals surface area contributed by atoms with E-state index in [4.69, 9.17) is 0 Å². The van der Waals surface area contributed by atoms with Crippen molar-refractivity contribution in [2.24, 2.45) is 0 Å². The van der Waals surface area contributed by atoms with Crippen molar-refractivity contribution in [2.45, 2.75) is 45.2 Å². The Balaban J connectivity index is 1.18. The van der Waals surface area contributed by atoms with Gasteiger partial charge < -0.3 is 10.2 Å². The first-order chi connectivity index (χ1) is 15.1. The van der Waals surface area contributed by atoms with Gasteiger partial charge in [0, 0.05) is 36.8 Å². The van der Waals surface area contributed by atoms with Crippen LogP contribution in [-0.2, 0) is 11.3 Å². The summed E-state index contributed by atoms with van der Waals surface area (Å²) in [5.74, 6) is 0.209. The topological polar surface area (TPSA) is 75.9 Å². The third-order valence-corrected chi connectivity index (χ3v) is 5.54. The number of anilines is 1. The van der Waals surface area contributed by atoms with E-state index < -0.39 is 0 Å². The van der Waals surface area contributed by atoms with Gasteiger partial charge in [-0.1, -0.05) is 12.1 Å². The van der Waals surface area contributed by atoms with Gasteiger partial charge in [-0.25, -0.2) is 4.39 Å². The maximum absolute atomic E-state index is 13.0. The summed E-state index contributed by atoms with van der Waals surface area (Å²) in [5, 5.41) is 15.5. The first kappa shape index (κ1) is 21.0. The Bertz CT molecular complexity index is 1010. The third-order valence-electron chi connectivity index (χ3n) is 5.54. The molecule has 0 aliphatic carbocycles. The summed E-state index contributed by atoms with van der Waals surface area (Å²) in [6.07, 6.45) is 2.95.